The van der Waals surface area contributed by atoms with E-state index in [1.807, 2.05) is 24.3 Å². The minimum Gasteiger partial charge on any atom is -0.350 e. The summed E-state index contributed by atoms with van der Waals surface area (Å²) in [6.45, 7) is 3.19. The van der Waals surface area contributed by atoms with Crippen molar-refractivity contribution in [2.24, 2.45) is 5.92 Å². The van der Waals surface area contributed by atoms with Gasteiger partial charge in [-0.2, -0.15) is 5.10 Å². The van der Waals surface area contributed by atoms with Crippen LogP contribution in [0.4, 0.5) is 0 Å². The number of rotatable bonds is 4. The lowest BCUT2D eigenvalue weighted by molar-refractivity contribution is 0.0575. The third-order valence-corrected chi connectivity index (χ3v) is 5.97. The van der Waals surface area contributed by atoms with Gasteiger partial charge in [0, 0.05) is 23.2 Å². The molecule has 2 fully saturated rings. The average molecular weight is 373 g/mol. The van der Waals surface area contributed by atoms with Crippen molar-refractivity contribution in [2.75, 3.05) is 19.6 Å². The van der Waals surface area contributed by atoms with Gasteiger partial charge >= 0.3 is 0 Å². The Bertz CT molecular complexity index is 755. The molecule has 0 saturated carbocycles. The number of nitrogens with one attached hydrogen (secondary N) is 2. The van der Waals surface area contributed by atoms with Gasteiger partial charge in [-0.25, -0.2) is 0 Å². The number of nitrogens with zero attached hydrogens (tertiary/aromatic N) is 2. The lowest BCUT2D eigenvalue weighted by atomic mass is 9.83. The summed E-state index contributed by atoms with van der Waals surface area (Å²) < 4.78 is 0. The van der Waals surface area contributed by atoms with E-state index < -0.39 is 0 Å². The van der Waals surface area contributed by atoms with Gasteiger partial charge < -0.3 is 10.2 Å². The first-order valence-corrected chi connectivity index (χ1v) is 9.92. The summed E-state index contributed by atoms with van der Waals surface area (Å²) in [6, 6.07) is 9.89. The Labute approximate surface area is 159 Å². The van der Waals surface area contributed by atoms with Gasteiger partial charge in [0.05, 0.1) is 5.69 Å². The highest BCUT2D eigenvalue weighted by Gasteiger charge is 2.33. The van der Waals surface area contributed by atoms with E-state index in [9.17, 15) is 4.79 Å². The molecular weight excluding hydrogens is 348 g/mol. The third-order valence-electron chi connectivity index (χ3n) is 5.72. The van der Waals surface area contributed by atoms with E-state index in [1.165, 1.54) is 45.2 Å². The molecule has 0 bridgehead atoms. The highest BCUT2D eigenvalue weighted by atomic mass is 35.5. The first kappa shape index (κ1) is 17.6. The topological polar surface area (TPSA) is 61.0 Å². The maximum absolute atomic E-state index is 12.5. The predicted octanol–water partition coefficient (Wildman–Crippen LogP) is 3.72. The molecule has 1 aromatic carbocycles. The molecule has 1 aromatic heterocycles. The van der Waals surface area contributed by atoms with Crippen LogP contribution in [0, 0.1) is 5.92 Å². The molecule has 2 atom stereocenters. The number of carbonyl (C=O) groups excluding carboxylic acids is 1. The minimum absolute atomic E-state index is 0.0781. The molecule has 2 N–H and O–H groups in total. The zero-order valence-corrected chi connectivity index (χ0v) is 15.6. The molecule has 5 nitrogen and oxygen atoms in total. The molecule has 0 radical (unpaired) electrons. The second-order valence-corrected chi connectivity index (χ2v) is 7.82. The van der Waals surface area contributed by atoms with E-state index in [1.54, 1.807) is 6.07 Å². The molecular formula is C20H25ClN4O. The quantitative estimate of drug-likeness (QED) is 0.859. The van der Waals surface area contributed by atoms with Crippen LogP contribution in [0.1, 0.15) is 42.6 Å². The predicted molar refractivity (Wildman–Crippen MR) is 103 cm³/mol. The van der Waals surface area contributed by atoms with Crippen LogP contribution in [0.15, 0.2) is 30.3 Å². The molecule has 0 spiro atoms. The smallest absolute Gasteiger partial charge is 0.269 e. The second-order valence-electron chi connectivity index (χ2n) is 7.39. The maximum Gasteiger partial charge on any atom is 0.269 e. The number of aromatic amines is 1. The van der Waals surface area contributed by atoms with Gasteiger partial charge in [-0.3, -0.25) is 9.89 Å². The van der Waals surface area contributed by atoms with Gasteiger partial charge in [0.1, 0.15) is 5.69 Å². The number of halogens is 1. The fourth-order valence-corrected chi connectivity index (χ4v) is 4.47. The Kier molecular flexibility index (Phi) is 5.27. The van der Waals surface area contributed by atoms with Crippen LogP contribution in [-0.2, 0) is 0 Å². The van der Waals surface area contributed by atoms with Crippen LogP contribution in [0.3, 0.4) is 0 Å². The van der Waals surface area contributed by atoms with Gasteiger partial charge in [-0.05, 0) is 62.9 Å². The molecule has 2 aliphatic heterocycles. The van der Waals surface area contributed by atoms with Gasteiger partial charge in [0.25, 0.3) is 5.91 Å². The number of carbonyl (C=O) groups is 1. The van der Waals surface area contributed by atoms with Crippen molar-refractivity contribution in [1.29, 1.82) is 0 Å². The van der Waals surface area contributed by atoms with Gasteiger partial charge in [-0.1, -0.05) is 30.2 Å². The van der Waals surface area contributed by atoms with Crippen LogP contribution >= 0.6 is 11.6 Å². The Morgan fingerprint density at radius 2 is 2.00 bits per heavy atom. The van der Waals surface area contributed by atoms with E-state index in [0.717, 1.165) is 17.8 Å². The Balaban J connectivity index is 1.37. The highest BCUT2D eigenvalue weighted by molar-refractivity contribution is 6.30. The number of hydrogen-bond donors (Lipinski definition) is 2. The number of fused-ring (bicyclic) bond motifs is 1. The number of piperidine rings is 2. The molecule has 3 heterocycles. The lowest BCUT2D eigenvalue weighted by Gasteiger charge is -2.44. The second kappa shape index (κ2) is 7.80. The van der Waals surface area contributed by atoms with Crippen molar-refractivity contribution in [1.82, 2.24) is 20.4 Å². The number of aromatic nitrogens is 2. The molecule has 0 unspecified atom stereocenters. The van der Waals surface area contributed by atoms with Crippen molar-refractivity contribution in [2.45, 2.75) is 38.1 Å². The number of H-pyrrole nitrogens is 1. The molecule has 0 aliphatic carbocycles. The Morgan fingerprint density at radius 1 is 1.19 bits per heavy atom. The fourth-order valence-electron chi connectivity index (χ4n) is 4.34. The standard InChI is InChI=1S/C20H25ClN4O/c21-16-8-6-14(7-9-16)17-12-18(24-23-17)20(26)22-13-15-4-3-11-25-10-2-1-5-19(15)25/h6-9,12,15,19H,1-5,10-11,13H2,(H,22,26)(H,23,24)/t15-,19+/m1/s1. The molecule has 26 heavy (non-hydrogen) atoms. The van der Waals surface area contributed by atoms with Crippen LogP contribution in [0.5, 0.6) is 0 Å². The van der Waals surface area contributed by atoms with E-state index in [-0.39, 0.29) is 5.91 Å². The first-order valence-electron chi connectivity index (χ1n) is 9.54. The first-order chi connectivity index (χ1) is 12.7. The van der Waals surface area contributed by atoms with E-state index >= 15 is 0 Å². The van der Waals surface area contributed by atoms with Crippen molar-refractivity contribution in [3.8, 4) is 11.3 Å². The number of hydrogen-bond acceptors (Lipinski definition) is 3. The maximum atomic E-state index is 12.5. The van der Waals surface area contributed by atoms with Crippen molar-refractivity contribution >= 4 is 17.5 Å². The van der Waals surface area contributed by atoms with E-state index in [4.69, 9.17) is 11.6 Å². The summed E-state index contributed by atoms with van der Waals surface area (Å²) in [4.78, 5) is 15.2. The van der Waals surface area contributed by atoms with Crippen molar-refractivity contribution < 1.29 is 4.79 Å². The summed E-state index contributed by atoms with van der Waals surface area (Å²) in [7, 11) is 0. The molecule has 2 aliphatic rings. The lowest BCUT2D eigenvalue weighted by Crippen LogP contribution is -2.51. The largest absolute Gasteiger partial charge is 0.350 e. The molecule has 2 saturated heterocycles. The highest BCUT2D eigenvalue weighted by Crippen LogP contribution is 2.30. The fraction of sp³-hybridized carbons (Fsp3) is 0.500. The zero-order chi connectivity index (χ0) is 17.9. The molecule has 138 valence electrons. The van der Waals surface area contributed by atoms with Crippen molar-refractivity contribution in [3.05, 3.63) is 41.0 Å². The molecule has 1 amide bonds. The molecule has 6 heteroatoms. The number of benzene rings is 1. The monoisotopic (exact) mass is 372 g/mol. The zero-order valence-electron chi connectivity index (χ0n) is 14.9. The van der Waals surface area contributed by atoms with Gasteiger partial charge in [0.15, 0.2) is 0 Å². The van der Waals surface area contributed by atoms with Crippen LogP contribution in [0.2, 0.25) is 5.02 Å². The van der Waals surface area contributed by atoms with E-state index in [0.29, 0.717) is 22.7 Å². The number of amides is 1. The van der Waals surface area contributed by atoms with Gasteiger partial charge in [0.2, 0.25) is 0 Å². The summed E-state index contributed by atoms with van der Waals surface area (Å²) >= 11 is 5.92. The summed E-state index contributed by atoms with van der Waals surface area (Å²) in [5.41, 5.74) is 2.20. The summed E-state index contributed by atoms with van der Waals surface area (Å²) in [5, 5.41) is 10.9. The summed E-state index contributed by atoms with van der Waals surface area (Å²) in [6.07, 6.45) is 6.35. The third kappa shape index (κ3) is 3.79. The Morgan fingerprint density at radius 3 is 2.85 bits per heavy atom. The minimum atomic E-state index is -0.0781. The molecule has 2 aromatic rings. The average Bonchev–Trinajstić information content (AvgIpc) is 3.17. The Hall–Kier alpha value is -1.85. The summed E-state index contributed by atoms with van der Waals surface area (Å²) in [5.74, 6) is 0.484. The van der Waals surface area contributed by atoms with Crippen molar-refractivity contribution in [3.63, 3.8) is 0 Å². The van der Waals surface area contributed by atoms with Crippen LogP contribution in [-0.4, -0.2) is 46.7 Å². The normalized spacial score (nSPS) is 23.4. The van der Waals surface area contributed by atoms with Crippen LogP contribution in [0.25, 0.3) is 11.3 Å². The SMILES string of the molecule is O=C(NC[C@H]1CCCN2CCCC[C@@H]12)c1cc(-c2ccc(Cl)cc2)n[nH]1. The van der Waals surface area contributed by atoms with Crippen LogP contribution < -0.4 is 5.32 Å². The molecule has 4 rings (SSSR count). The van der Waals surface area contributed by atoms with Gasteiger partial charge in [-0.15, -0.1) is 0 Å². The van der Waals surface area contributed by atoms with E-state index in [2.05, 4.69) is 20.4 Å².